The average Bonchev–Trinajstić information content (AvgIpc) is 4.00. The van der Waals surface area contributed by atoms with Crippen LogP contribution in [0.4, 0.5) is 11.4 Å². The summed E-state index contributed by atoms with van der Waals surface area (Å²) >= 11 is 0. The van der Waals surface area contributed by atoms with Crippen LogP contribution in [-0.2, 0) is 51.2 Å². The van der Waals surface area contributed by atoms with Gasteiger partial charge in [0.1, 0.15) is 48.3 Å². The molecule has 462 valence electrons. The number of aliphatic imine (C=N–C) groups is 1. The van der Waals surface area contributed by atoms with Crippen LogP contribution in [0.2, 0.25) is 0 Å². The summed E-state index contributed by atoms with van der Waals surface area (Å²) < 4.78 is 0. The van der Waals surface area contributed by atoms with E-state index in [4.69, 9.17) is 34.4 Å². The molecule has 85 heavy (non-hydrogen) atoms. The number of aromatic hydroxyl groups is 1. The van der Waals surface area contributed by atoms with Crippen molar-refractivity contribution in [1.82, 2.24) is 47.5 Å². The van der Waals surface area contributed by atoms with Gasteiger partial charge in [0.05, 0.1) is 10.5 Å². The molecule has 29 heteroatoms. The standard InChI is InChI=1S/C56H81N17O12/c1-30(2)46(72-50(78)36-15-5-7-16-37(36)59)55(83)69-40(19-10-12-24-58)53(81)67-39(18-9-11-23-57)52(80)68-41(20-13-25-63-56(61)62)51(79)66-31(3)48(76)65-32(4)49(77)71-43(28-34-29-64-38-17-8-6-14-35(34)38)54(82)70-42(47(60)75)26-33-21-22-45(74)44(27-33)73(84)85/h5-8,14-17,21-22,27,29-32,39-43,46,64,74H,9-13,18-20,23-26,28,57-59H2,1-4H3,(H2,60,75)(H,65,76)(H,66,79)(H,67,81)(H,68,80)(H,69,83)(H,70,82)(H,71,77)(H,72,78)(H4,61,62,63)/t31-,32-,39-,40-,41-,42-,43-,46-/m0/s1. The first-order valence-corrected chi connectivity index (χ1v) is 27.9. The van der Waals surface area contributed by atoms with E-state index in [-0.39, 0.29) is 80.9 Å². The lowest BCUT2D eigenvalue weighted by Gasteiger charge is -2.28. The molecule has 0 unspecified atom stereocenters. The maximum Gasteiger partial charge on any atom is 0.310 e. The number of nitrogen functional groups attached to an aromatic ring is 1. The van der Waals surface area contributed by atoms with Crippen molar-refractivity contribution in [3.8, 4) is 5.75 Å². The van der Waals surface area contributed by atoms with E-state index < -0.39 is 124 Å². The number of unbranched alkanes of at least 4 members (excludes halogenated alkanes) is 2. The Labute approximate surface area is 491 Å². The van der Waals surface area contributed by atoms with Crippen molar-refractivity contribution in [2.45, 2.75) is 140 Å². The van der Waals surface area contributed by atoms with Gasteiger partial charge < -0.3 is 87.0 Å². The molecular formula is C56H81N17O12. The van der Waals surface area contributed by atoms with Gasteiger partial charge in [0.15, 0.2) is 11.7 Å². The van der Waals surface area contributed by atoms with Gasteiger partial charge in [-0.2, -0.15) is 0 Å². The Bertz CT molecular complexity index is 3020. The van der Waals surface area contributed by atoms with Gasteiger partial charge >= 0.3 is 5.69 Å². The minimum atomic E-state index is -1.45. The Morgan fingerprint density at radius 2 is 1.11 bits per heavy atom. The summed E-state index contributed by atoms with van der Waals surface area (Å²) in [6.45, 7) is 6.63. The molecular weight excluding hydrogens is 1100 g/mol. The van der Waals surface area contributed by atoms with Crippen molar-refractivity contribution in [3.05, 3.63) is 99.7 Å². The molecule has 0 bridgehead atoms. The molecule has 4 rings (SSSR count). The zero-order valence-electron chi connectivity index (χ0n) is 48.1. The highest BCUT2D eigenvalue weighted by Gasteiger charge is 2.35. The summed E-state index contributed by atoms with van der Waals surface area (Å²) in [6.07, 6.45) is 3.07. The molecule has 1 heterocycles. The van der Waals surface area contributed by atoms with Gasteiger partial charge in [-0.3, -0.25) is 58.3 Å². The van der Waals surface area contributed by atoms with Crippen molar-refractivity contribution in [3.63, 3.8) is 0 Å². The fraction of sp³-hybridized carbons (Fsp3) is 0.464. The Kier molecular flexibility index (Phi) is 27.0. The topological polar surface area (TPSA) is 498 Å². The number of anilines is 1. The smallest absolute Gasteiger partial charge is 0.310 e. The maximum absolute atomic E-state index is 14.3. The Hall–Kier alpha value is -9.38. The average molecular weight is 1180 g/mol. The number of hydrogen-bond donors (Lipinski definition) is 16. The second-order valence-corrected chi connectivity index (χ2v) is 20.8. The number of carbonyl (C=O) groups excluding carboxylic acids is 9. The van der Waals surface area contributed by atoms with E-state index in [0.717, 1.165) is 12.1 Å². The number of aromatic amines is 1. The van der Waals surface area contributed by atoms with Crippen molar-refractivity contribution in [2.75, 3.05) is 25.4 Å². The predicted molar refractivity (Wildman–Crippen MR) is 317 cm³/mol. The summed E-state index contributed by atoms with van der Waals surface area (Å²) in [5, 5.41) is 43.2. The summed E-state index contributed by atoms with van der Waals surface area (Å²) in [4.78, 5) is 142. The van der Waals surface area contributed by atoms with Gasteiger partial charge in [-0.05, 0) is 120 Å². The monoisotopic (exact) mass is 1180 g/mol. The van der Waals surface area contributed by atoms with Crippen LogP contribution in [0, 0.1) is 16.0 Å². The normalized spacial score (nSPS) is 13.9. The minimum Gasteiger partial charge on any atom is -0.502 e. The van der Waals surface area contributed by atoms with E-state index in [1.807, 2.05) is 0 Å². The fourth-order valence-corrected chi connectivity index (χ4v) is 8.94. The second-order valence-electron chi connectivity index (χ2n) is 20.8. The molecule has 0 aliphatic heterocycles. The van der Waals surface area contributed by atoms with E-state index in [2.05, 4.69) is 52.5 Å². The number of hydrogen-bond acceptors (Lipinski definition) is 16. The van der Waals surface area contributed by atoms with Crippen molar-refractivity contribution < 1.29 is 53.2 Å². The van der Waals surface area contributed by atoms with Crippen molar-refractivity contribution in [1.29, 1.82) is 0 Å². The number of fused-ring (bicyclic) bond motifs is 1. The van der Waals surface area contributed by atoms with E-state index in [1.165, 1.54) is 26.0 Å². The van der Waals surface area contributed by atoms with Crippen molar-refractivity contribution in [2.24, 2.45) is 39.6 Å². The molecule has 0 radical (unpaired) electrons. The first-order valence-electron chi connectivity index (χ1n) is 27.9. The Morgan fingerprint density at radius 3 is 1.67 bits per heavy atom. The van der Waals surface area contributed by atoms with Gasteiger partial charge in [-0.25, -0.2) is 0 Å². The third-order valence-electron chi connectivity index (χ3n) is 13.8. The van der Waals surface area contributed by atoms with E-state index in [9.17, 15) is 58.4 Å². The number of phenolic OH excluding ortho intramolecular Hbond substituents is 1. The van der Waals surface area contributed by atoms with Gasteiger partial charge in [0.25, 0.3) is 5.91 Å². The minimum absolute atomic E-state index is 0.0355. The third-order valence-corrected chi connectivity index (χ3v) is 13.8. The number of nitrogens with one attached hydrogen (secondary N) is 9. The predicted octanol–water partition coefficient (Wildman–Crippen LogP) is -1.17. The summed E-state index contributed by atoms with van der Waals surface area (Å²) in [7, 11) is 0. The van der Waals surface area contributed by atoms with Crippen LogP contribution >= 0.6 is 0 Å². The van der Waals surface area contributed by atoms with E-state index in [0.29, 0.717) is 42.1 Å². The number of carbonyl (C=O) groups is 9. The van der Waals surface area contributed by atoms with Crippen LogP contribution in [0.3, 0.4) is 0 Å². The van der Waals surface area contributed by atoms with E-state index >= 15 is 0 Å². The van der Waals surface area contributed by atoms with Gasteiger partial charge in [-0.15, -0.1) is 0 Å². The Balaban J connectivity index is 1.51. The number of guanidine groups is 1. The molecule has 22 N–H and O–H groups in total. The lowest BCUT2D eigenvalue weighted by Crippen LogP contribution is -2.60. The molecule has 29 nitrogen and oxygen atoms in total. The summed E-state index contributed by atoms with van der Waals surface area (Å²) in [5.74, 6) is -8.60. The van der Waals surface area contributed by atoms with E-state index in [1.54, 1.807) is 62.5 Å². The summed E-state index contributed by atoms with van der Waals surface area (Å²) in [5.41, 5.74) is 35.5. The van der Waals surface area contributed by atoms with Crippen LogP contribution in [0.25, 0.3) is 10.9 Å². The number of primary amides is 1. The number of H-pyrrole nitrogens is 1. The zero-order valence-corrected chi connectivity index (χ0v) is 48.1. The molecule has 0 fully saturated rings. The lowest BCUT2D eigenvalue weighted by molar-refractivity contribution is -0.385. The number of rotatable bonds is 35. The van der Waals surface area contributed by atoms with Gasteiger partial charge in [0.2, 0.25) is 47.3 Å². The number of nitrogens with zero attached hydrogens (tertiary/aromatic N) is 2. The fourth-order valence-electron chi connectivity index (χ4n) is 8.94. The highest BCUT2D eigenvalue weighted by molar-refractivity contribution is 6.02. The number of para-hydroxylation sites is 2. The van der Waals surface area contributed by atoms with Crippen molar-refractivity contribution >= 4 is 81.4 Å². The molecule has 0 aliphatic rings. The maximum atomic E-state index is 14.3. The number of amides is 9. The number of nitro groups is 1. The SMILES string of the molecule is CC(C)[C@H](NC(=O)c1ccccc1N)C(=O)N[C@@H](CCCCN)C(=O)N[C@@H](CCCCN)C(=O)N[C@@H](CCCN=C(N)N)C(=O)N[C@@H](C)C(=O)N[C@@H](C)C(=O)N[C@@H](Cc1c[nH]c2ccccc12)C(=O)N[C@@H](Cc1ccc(O)c([N+](=O)[O-])c1)C(N)=O. The van der Waals surface area contributed by atoms with Crippen LogP contribution in [0.15, 0.2) is 77.9 Å². The highest BCUT2D eigenvalue weighted by atomic mass is 16.6. The molecule has 3 aromatic carbocycles. The molecule has 8 atom stereocenters. The number of benzene rings is 3. The number of aromatic nitrogens is 1. The number of nitrogens with two attached hydrogens (primary N) is 6. The number of phenols is 1. The molecule has 4 aromatic rings. The number of nitro benzene ring substituents is 1. The van der Waals surface area contributed by atoms with Crippen LogP contribution in [0.1, 0.15) is 101 Å². The second kappa shape index (κ2) is 33.7. The highest BCUT2D eigenvalue weighted by Crippen LogP contribution is 2.27. The first-order chi connectivity index (χ1) is 40.3. The largest absolute Gasteiger partial charge is 0.502 e. The molecule has 0 saturated carbocycles. The molecule has 0 aliphatic carbocycles. The van der Waals surface area contributed by atoms with Crippen LogP contribution < -0.4 is 76.9 Å². The lowest BCUT2D eigenvalue weighted by atomic mass is 10.0. The summed E-state index contributed by atoms with van der Waals surface area (Å²) in [6, 6.07) is 6.30. The third kappa shape index (κ3) is 21.4. The molecule has 0 saturated heterocycles. The van der Waals surface area contributed by atoms with Gasteiger partial charge in [-0.1, -0.05) is 50.2 Å². The van der Waals surface area contributed by atoms with Crippen LogP contribution in [-0.4, -0.2) is 142 Å². The quantitative estimate of drug-likeness (QED) is 0.00645. The first kappa shape index (κ1) is 68.1. The molecule has 0 spiro atoms. The zero-order chi connectivity index (χ0) is 62.9. The van der Waals surface area contributed by atoms with Crippen LogP contribution in [0.5, 0.6) is 5.75 Å². The van der Waals surface area contributed by atoms with Gasteiger partial charge in [0, 0.05) is 48.2 Å². The molecule has 1 aromatic heterocycles. The Morgan fingerprint density at radius 1 is 0.600 bits per heavy atom. The molecule has 9 amide bonds.